The molecule has 26 valence electrons. The normalized spacial score (nSPS) is 1.60. The Hall–Kier alpha value is 0.727. The maximum atomic E-state index is 7.18. The number of nitriles is 1. The molecule has 0 unspecified atom stereocenters. The number of thiocyanates is 1. The Kier molecular flexibility index (Phi) is 75.7. The van der Waals surface area contributed by atoms with Crippen LogP contribution in [0.2, 0.25) is 0 Å². The summed E-state index contributed by atoms with van der Waals surface area (Å²) in [7, 11) is 0. The Morgan fingerprint density at radius 3 is 1.80 bits per heavy atom. The van der Waals surface area contributed by atoms with Crippen molar-refractivity contribution >= 4 is 25.0 Å². The van der Waals surface area contributed by atoms with E-state index in [-0.39, 0.29) is 32.7 Å². The fourth-order valence-corrected chi connectivity index (χ4v) is 0. The number of halogens is 1. The van der Waals surface area contributed by atoms with E-state index in [0.717, 1.165) is 0 Å². The SMILES string of the molecule is Cl.N#CS.[H-].[Li+]. The Labute approximate surface area is 56.2 Å². The Balaban J connectivity index is -0.00000000667. The molecule has 0 aromatic rings. The topological polar surface area (TPSA) is 23.8 Å². The molecule has 0 aliphatic carbocycles. The van der Waals surface area contributed by atoms with E-state index in [2.05, 4.69) is 12.6 Å². The number of thiol groups is 1. The summed E-state index contributed by atoms with van der Waals surface area (Å²) in [5.41, 5.74) is 0. The van der Waals surface area contributed by atoms with Crippen LogP contribution in [0.25, 0.3) is 0 Å². The Bertz CT molecular complexity index is 37.0. The van der Waals surface area contributed by atoms with Gasteiger partial charge in [0.25, 0.3) is 0 Å². The zero-order valence-corrected chi connectivity index (χ0v) is 4.51. The molecule has 0 N–H and O–H groups in total. The fraction of sp³-hybridized carbons (Fsp3) is 0. The van der Waals surface area contributed by atoms with Crippen molar-refractivity contribution < 1.29 is 20.3 Å². The molecule has 0 radical (unpaired) electrons. The first-order valence-electron chi connectivity index (χ1n) is 0.447. The minimum atomic E-state index is 0. The van der Waals surface area contributed by atoms with E-state index in [1.807, 2.05) is 0 Å². The van der Waals surface area contributed by atoms with Gasteiger partial charge in [-0.15, -0.1) is 12.4 Å². The number of hydrogen-bond donors (Lipinski definition) is 1. The van der Waals surface area contributed by atoms with Crippen LogP contribution in [-0.4, -0.2) is 0 Å². The summed E-state index contributed by atoms with van der Waals surface area (Å²) in [6, 6.07) is 0. The number of hydrogen-bond acceptors (Lipinski definition) is 2. The minimum Gasteiger partial charge on any atom is -1.00 e. The quantitative estimate of drug-likeness (QED) is 0.213. The molecule has 0 saturated carbocycles. The maximum Gasteiger partial charge on any atom is 1.00 e. The van der Waals surface area contributed by atoms with Gasteiger partial charge in [-0.05, 0) is 0 Å². The van der Waals surface area contributed by atoms with E-state index >= 15 is 0 Å². The van der Waals surface area contributed by atoms with Gasteiger partial charge in [-0.2, -0.15) is 5.26 Å². The molecule has 0 aromatic carbocycles. The molecule has 0 spiro atoms. The standard InChI is InChI=1S/CHNS.ClH.Li.H/c2-1-3;;;/h3H;1H;;/q;;+1;-1. The molecule has 0 atom stereocenters. The van der Waals surface area contributed by atoms with Crippen LogP contribution in [0.4, 0.5) is 0 Å². The van der Waals surface area contributed by atoms with Crippen molar-refractivity contribution in [3.8, 4) is 5.40 Å². The van der Waals surface area contributed by atoms with Gasteiger partial charge in [0.05, 0.1) is 0 Å². The third-order valence-electron chi connectivity index (χ3n) is 0. The first-order valence-corrected chi connectivity index (χ1v) is 0.894. The van der Waals surface area contributed by atoms with Gasteiger partial charge in [0.15, 0.2) is 0 Å². The van der Waals surface area contributed by atoms with Gasteiger partial charge in [0, 0.05) is 0 Å². The second-order valence-corrected chi connectivity index (χ2v) is 0.300. The summed E-state index contributed by atoms with van der Waals surface area (Å²) in [4.78, 5) is 0. The monoisotopic (exact) mass is 103 g/mol. The smallest absolute Gasteiger partial charge is 1.00 e. The molecule has 5 heavy (non-hydrogen) atoms. The summed E-state index contributed by atoms with van der Waals surface area (Å²) < 4.78 is 0. The first kappa shape index (κ1) is 17.2. The number of rotatable bonds is 0. The molecule has 0 saturated heterocycles. The van der Waals surface area contributed by atoms with Gasteiger partial charge in [-0.25, -0.2) is 0 Å². The number of nitrogens with zero attached hydrogens (tertiary/aromatic N) is 1. The summed E-state index contributed by atoms with van der Waals surface area (Å²) in [5, 5.41) is 8.63. The summed E-state index contributed by atoms with van der Waals surface area (Å²) in [5.74, 6) is 0. The summed E-state index contributed by atoms with van der Waals surface area (Å²) in [6.45, 7) is 0. The van der Waals surface area contributed by atoms with Crippen molar-refractivity contribution in [2.75, 3.05) is 0 Å². The van der Waals surface area contributed by atoms with Crippen molar-refractivity contribution in [1.29, 1.82) is 5.26 Å². The molecule has 4 heteroatoms. The van der Waals surface area contributed by atoms with Gasteiger partial charge in [-0.1, -0.05) is 12.6 Å². The van der Waals surface area contributed by atoms with Crippen LogP contribution in [0.3, 0.4) is 0 Å². The van der Waals surface area contributed by atoms with E-state index < -0.39 is 0 Å². The molecule has 0 fully saturated rings. The van der Waals surface area contributed by atoms with Gasteiger partial charge in [0.1, 0.15) is 5.40 Å². The first-order chi connectivity index (χ1) is 1.41. The third kappa shape index (κ3) is 66.5. The molecule has 0 amide bonds. The predicted molar refractivity (Wildman–Crippen MR) is 23.0 cm³/mol. The van der Waals surface area contributed by atoms with Crippen molar-refractivity contribution in [1.82, 2.24) is 0 Å². The zero-order chi connectivity index (χ0) is 2.71. The molecule has 0 aliphatic rings. The van der Waals surface area contributed by atoms with Gasteiger partial charge in [0.2, 0.25) is 0 Å². The van der Waals surface area contributed by atoms with Crippen LogP contribution < -0.4 is 18.9 Å². The van der Waals surface area contributed by atoms with Crippen molar-refractivity contribution in [3.05, 3.63) is 0 Å². The molecule has 0 rings (SSSR count). The Morgan fingerprint density at radius 2 is 1.80 bits per heavy atom. The molecule has 0 aliphatic heterocycles. The van der Waals surface area contributed by atoms with E-state index in [0.29, 0.717) is 0 Å². The van der Waals surface area contributed by atoms with Gasteiger partial charge < -0.3 is 1.43 Å². The van der Waals surface area contributed by atoms with Gasteiger partial charge in [-0.3, -0.25) is 0 Å². The Morgan fingerprint density at radius 1 is 1.80 bits per heavy atom. The molecule has 0 aromatic heterocycles. The second-order valence-electron chi connectivity index (χ2n) is 0.100. The van der Waals surface area contributed by atoms with E-state index in [9.17, 15) is 0 Å². The van der Waals surface area contributed by atoms with Crippen LogP contribution >= 0.6 is 25.0 Å². The van der Waals surface area contributed by atoms with Crippen molar-refractivity contribution in [2.24, 2.45) is 0 Å². The molecule has 0 bridgehead atoms. The zero-order valence-electron chi connectivity index (χ0n) is 3.80. The van der Waals surface area contributed by atoms with E-state index in [1.165, 1.54) is 5.40 Å². The van der Waals surface area contributed by atoms with Crippen molar-refractivity contribution in [2.45, 2.75) is 0 Å². The van der Waals surface area contributed by atoms with Crippen LogP contribution in [-0.2, 0) is 0 Å². The predicted octanol–water partition coefficient (Wildman–Crippen LogP) is -2.06. The summed E-state index contributed by atoms with van der Waals surface area (Å²) in [6.07, 6.45) is 0. The largest absolute Gasteiger partial charge is 1.00 e. The van der Waals surface area contributed by atoms with E-state index in [4.69, 9.17) is 5.26 Å². The molecular formula is CH3ClLiNS. The van der Waals surface area contributed by atoms with E-state index in [1.54, 1.807) is 0 Å². The molecule has 1 nitrogen and oxygen atoms in total. The average Bonchev–Trinajstić information content (AvgIpc) is 0.918. The molecular weight excluding hydrogens is 100 g/mol. The van der Waals surface area contributed by atoms with Crippen LogP contribution in [0, 0.1) is 10.7 Å². The van der Waals surface area contributed by atoms with Crippen LogP contribution in [0.15, 0.2) is 0 Å². The van der Waals surface area contributed by atoms with Crippen molar-refractivity contribution in [3.63, 3.8) is 0 Å². The fourth-order valence-electron chi connectivity index (χ4n) is 0. The second kappa shape index (κ2) is 22.0. The van der Waals surface area contributed by atoms with Crippen LogP contribution in [0.1, 0.15) is 1.43 Å². The van der Waals surface area contributed by atoms with Crippen LogP contribution in [0.5, 0.6) is 0 Å². The maximum absolute atomic E-state index is 7.18. The minimum absolute atomic E-state index is 0. The average molecular weight is 104 g/mol. The summed E-state index contributed by atoms with van der Waals surface area (Å²) >= 11 is 3.09. The van der Waals surface area contributed by atoms with Gasteiger partial charge >= 0.3 is 18.9 Å². The molecule has 0 heterocycles. The third-order valence-corrected chi connectivity index (χ3v) is 0.